The number of aliphatic hydroxyl groups is 2. The van der Waals surface area contributed by atoms with Gasteiger partial charge in [0.15, 0.2) is 0 Å². The Labute approximate surface area is 71.2 Å². The van der Waals surface area contributed by atoms with Gasteiger partial charge in [-0.1, -0.05) is 0 Å². The predicted molar refractivity (Wildman–Crippen MR) is 39.5 cm³/mol. The Balaban J connectivity index is 0. The van der Waals surface area contributed by atoms with Crippen LogP contribution in [-0.2, 0) is 9.09 Å². The molecule has 2 unspecified atom stereocenters. The van der Waals surface area contributed by atoms with Gasteiger partial charge in [-0.05, 0) is 6.92 Å². The highest BCUT2D eigenvalue weighted by atomic mass is 31.1. The second-order valence-corrected chi connectivity index (χ2v) is 3.04. The molecule has 3 radical (unpaired) electrons. The average Bonchev–Trinajstić information content (AvgIpc) is 1.83. The number of aliphatic hydroxyl groups excluding tert-OH is 2. The Morgan fingerprint density at radius 1 is 1.70 bits per heavy atom. The molecular formula is C4H11AlO4P. The average molecular weight is 181 g/mol. The van der Waals surface area contributed by atoms with Crippen molar-refractivity contribution in [2.24, 2.45) is 0 Å². The molecule has 59 valence electrons. The quantitative estimate of drug-likeness (QED) is 0.450. The summed E-state index contributed by atoms with van der Waals surface area (Å²) in [6.45, 7) is 1.55. The molecular weight excluding hydrogens is 170 g/mol. The lowest BCUT2D eigenvalue weighted by Crippen LogP contribution is -2.06. The van der Waals surface area contributed by atoms with Gasteiger partial charge in [0.2, 0.25) is 8.03 Å². The lowest BCUT2D eigenvalue weighted by molar-refractivity contribution is 0.125. The molecule has 2 atom stereocenters. The lowest BCUT2D eigenvalue weighted by Gasteiger charge is -2.02. The number of rotatable bonds is 4. The normalized spacial score (nSPS) is 15.5. The second kappa shape index (κ2) is 7.75. The van der Waals surface area contributed by atoms with E-state index >= 15 is 0 Å². The molecule has 0 aromatic carbocycles. The third-order valence-corrected chi connectivity index (χ3v) is 1.36. The molecule has 0 aliphatic carbocycles. The Morgan fingerprint density at radius 3 is 2.50 bits per heavy atom. The van der Waals surface area contributed by atoms with Crippen LogP contribution in [0.4, 0.5) is 0 Å². The third-order valence-electron chi connectivity index (χ3n) is 0.615. The Morgan fingerprint density at radius 2 is 2.20 bits per heavy atom. The van der Waals surface area contributed by atoms with E-state index in [4.69, 9.17) is 10.2 Å². The minimum absolute atomic E-state index is 0. The molecule has 0 amide bonds. The van der Waals surface area contributed by atoms with Crippen LogP contribution in [0.25, 0.3) is 0 Å². The van der Waals surface area contributed by atoms with Gasteiger partial charge in [0, 0.05) is 17.4 Å². The van der Waals surface area contributed by atoms with Crippen LogP contribution in [0.5, 0.6) is 0 Å². The molecule has 0 heterocycles. The van der Waals surface area contributed by atoms with E-state index in [1.807, 2.05) is 0 Å². The van der Waals surface area contributed by atoms with Crippen LogP contribution in [0.3, 0.4) is 0 Å². The molecule has 0 saturated heterocycles. The zero-order chi connectivity index (χ0) is 7.28. The summed E-state index contributed by atoms with van der Waals surface area (Å²) in [6, 6.07) is 0. The van der Waals surface area contributed by atoms with Crippen LogP contribution in [0.1, 0.15) is 6.92 Å². The summed E-state index contributed by atoms with van der Waals surface area (Å²) >= 11 is 0. The van der Waals surface area contributed by atoms with Crippen molar-refractivity contribution >= 4 is 25.4 Å². The largest absolute Gasteiger partial charge is 0.391 e. The lowest BCUT2D eigenvalue weighted by atomic mass is 10.5. The molecule has 0 rings (SSSR count). The first-order valence-corrected chi connectivity index (χ1v) is 4.13. The van der Waals surface area contributed by atoms with Crippen molar-refractivity contribution in [2.45, 2.75) is 13.0 Å². The fraction of sp³-hybridized carbons (Fsp3) is 1.00. The van der Waals surface area contributed by atoms with E-state index in [1.165, 1.54) is 6.92 Å². The van der Waals surface area contributed by atoms with E-state index in [-0.39, 0.29) is 24.0 Å². The summed E-state index contributed by atoms with van der Waals surface area (Å²) in [7, 11) is -2.28. The molecule has 0 bridgehead atoms. The van der Waals surface area contributed by atoms with Crippen LogP contribution in [0.15, 0.2) is 0 Å². The van der Waals surface area contributed by atoms with Gasteiger partial charge >= 0.3 is 0 Å². The van der Waals surface area contributed by atoms with Crippen molar-refractivity contribution in [3.05, 3.63) is 0 Å². The second-order valence-electron chi connectivity index (χ2n) is 1.69. The number of hydrogen-bond acceptors (Lipinski definition) is 4. The third kappa shape index (κ3) is 8.64. The molecule has 0 spiro atoms. The predicted octanol–water partition coefficient (Wildman–Crippen LogP) is -0.573. The van der Waals surface area contributed by atoms with Gasteiger partial charge in [0.25, 0.3) is 0 Å². The van der Waals surface area contributed by atoms with Crippen molar-refractivity contribution < 1.29 is 19.3 Å². The van der Waals surface area contributed by atoms with Gasteiger partial charge in [-0.3, -0.25) is 4.57 Å². The van der Waals surface area contributed by atoms with Gasteiger partial charge in [0.05, 0.1) is 12.7 Å². The minimum atomic E-state index is -2.28. The zero-order valence-corrected chi connectivity index (χ0v) is 7.93. The Kier molecular flexibility index (Phi) is 10.3. The first kappa shape index (κ1) is 13.2. The molecule has 0 aliphatic heterocycles. The number of hydrogen-bond donors (Lipinski definition) is 2. The van der Waals surface area contributed by atoms with E-state index in [2.05, 4.69) is 4.52 Å². The van der Waals surface area contributed by atoms with Crippen molar-refractivity contribution in [1.82, 2.24) is 0 Å². The smallest absolute Gasteiger partial charge is 0.216 e. The van der Waals surface area contributed by atoms with Gasteiger partial charge < -0.3 is 14.7 Å². The monoisotopic (exact) mass is 181 g/mol. The standard InChI is InChI=1S/C4H11O4P.Al/c1-4(6)2-8-9(7)3-5;/h4-6,9H,2-3H2,1H3;. The SMILES string of the molecule is CC(O)CO[PH](=O)CO.[Al]. The van der Waals surface area contributed by atoms with Crippen molar-refractivity contribution in [1.29, 1.82) is 0 Å². The first-order chi connectivity index (χ1) is 4.16. The van der Waals surface area contributed by atoms with Gasteiger partial charge in [-0.25, -0.2) is 0 Å². The highest BCUT2D eigenvalue weighted by Gasteiger charge is 1.98. The highest BCUT2D eigenvalue weighted by molar-refractivity contribution is 7.38. The highest BCUT2D eigenvalue weighted by Crippen LogP contribution is 2.19. The molecule has 0 aromatic rings. The van der Waals surface area contributed by atoms with E-state index in [0.717, 1.165) is 0 Å². The van der Waals surface area contributed by atoms with Gasteiger partial charge in [0.1, 0.15) is 6.35 Å². The van der Waals surface area contributed by atoms with E-state index < -0.39 is 20.5 Å². The maximum atomic E-state index is 10.3. The molecule has 0 aromatic heterocycles. The zero-order valence-electron chi connectivity index (χ0n) is 5.78. The van der Waals surface area contributed by atoms with Crippen LogP contribution < -0.4 is 0 Å². The maximum absolute atomic E-state index is 10.3. The Hall–Kier alpha value is 0.642. The van der Waals surface area contributed by atoms with Crippen molar-refractivity contribution in [3.8, 4) is 0 Å². The van der Waals surface area contributed by atoms with Crippen LogP contribution in [0, 0.1) is 0 Å². The molecule has 0 aliphatic rings. The fourth-order valence-corrected chi connectivity index (χ4v) is 0.778. The Bertz CT molecular complexity index is 97.3. The molecule has 0 saturated carbocycles. The summed E-state index contributed by atoms with van der Waals surface area (Å²) in [5.41, 5.74) is 0. The van der Waals surface area contributed by atoms with Crippen molar-refractivity contribution in [3.63, 3.8) is 0 Å². The summed E-state index contributed by atoms with van der Waals surface area (Å²) in [4.78, 5) is 0. The molecule has 2 N–H and O–H groups in total. The first-order valence-electron chi connectivity index (χ1n) is 2.61. The summed E-state index contributed by atoms with van der Waals surface area (Å²) in [6.07, 6.45) is -1.07. The molecule has 6 heteroatoms. The van der Waals surface area contributed by atoms with Crippen LogP contribution in [-0.4, -0.2) is 46.6 Å². The van der Waals surface area contributed by atoms with Crippen LogP contribution in [0.2, 0.25) is 0 Å². The summed E-state index contributed by atoms with van der Waals surface area (Å²) in [5.74, 6) is 0. The van der Waals surface area contributed by atoms with Gasteiger partial charge in [-0.15, -0.1) is 0 Å². The van der Waals surface area contributed by atoms with Crippen LogP contribution >= 0.6 is 8.03 Å². The van der Waals surface area contributed by atoms with Gasteiger partial charge in [-0.2, -0.15) is 0 Å². The summed E-state index contributed by atoms with van der Waals surface area (Å²) < 4.78 is 14.8. The fourth-order valence-electron chi connectivity index (χ4n) is 0.259. The molecule has 0 fully saturated rings. The maximum Gasteiger partial charge on any atom is 0.216 e. The van der Waals surface area contributed by atoms with Crippen molar-refractivity contribution in [2.75, 3.05) is 13.0 Å². The van der Waals surface area contributed by atoms with E-state index in [0.29, 0.717) is 0 Å². The van der Waals surface area contributed by atoms with E-state index in [9.17, 15) is 4.57 Å². The summed E-state index contributed by atoms with van der Waals surface area (Å²) in [5, 5.41) is 16.7. The molecule has 4 nitrogen and oxygen atoms in total. The topological polar surface area (TPSA) is 66.8 Å². The van der Waals surface area contributed by atoms with E-state index in [1.54, 1.807) is 0 Å². The molecule has 10 heavy (non-hydrogen) atoms. The minimum Gasteiger partial charge on any atom is -0.391 e.